The molecule has 0 spiro atoms. The van der Waals surface area contributed by atoms with Gasteiger partial charge in [-0.05, 0) is 12.5 Å². The van der Waals surface area contributed by atoms with Gasteiger partial charge in [0.25, 0.3) is 18.1 Å². The molecular weight excluding hydrogens is 268 g/mol. The van der Waals surface area contributed by atoms with Crippen LogP contribution in [0, 0.1) is 10.1 Å². The quantitative estimate of drug-likeness (QED) is 0.355. The van der Waals surface area contributed by atoms with Gasteiger partial charge >= 0.3 is 0 Å². The van der Waals surface area contributed by atoms with Gasteiger partial charge in [-0.3, -0.25) is 19.7 Å². The summed E-state index contributed by atoms with van der Waals surface area (Å²) in [4.78, 5) is 29.9. The van der Waals surface area contributed by atoms with Gasteiger partial charge in [0.2, 0.25) is 0 Å². The first-order valence-electron chi connectivity index (χ1n) is 5.75. The number of para-hydroxylation sites is 2. The molecule has 0 radical (unpaired) electrons. The number of amides is 1. The van der Waals surface area contributed by atoms with Crippen LogP contribution < -0.4 is 5.32 Å². The van der Waals surface area contributed by atoms with Crippen LogP contribution in [0.3, 0.4) is 0 Å². The Morgan fingerprint density at radius 2 is 2.10 bits per heavy atom. The number of benzene rings is 1. The summed E-state index contributed by atoms with van der Waals surface area (Å²) >= 11 is 0. The number of nitrogens with one attached hydrogen (secondary N) is 1. The number of nitro benzene ring substituents is 1. The number of carbonyl (C=O) groups excluding carboxylic acids is 1. The highest BCUT2D eigenvalue weighted by atomic mass is 16.6. The first-order valence-corrected chi connectivity index (χ1v) is 5.75. The van der Waals surface area contributed by atoms with Crippen molar-refractivity contribution < 1.29 is 24.4 Å². The summed E-state index contributed by atoms with van der Waals surface area (Å²) in [5.41, 5.74) is 0.0546. The van der Waals surface area contributed by atoms with Crippen LogP contribution in [-0.2, 0) is 14.3 Å². The van der Waals surface area contributed by atoms with Crippen LogP contribution in [0.1, 0.15) is 13.3 Å². The molecule has 110 valence electrons. The van der Waals surface area contributed by atoms with Crippen molar-refractivity contribution in [2.75, 3.05) is 18.5 Å². The lowest BCUT2D eigenvalue weighted by Gasteiger charge is -2.05. The van der Waals surface area contributed by atoms with E-state index >= 15 is 0 Å². The SMILES string of the molecule is CCCOCC(=O)Nc1ccccc1[N+](=O)[O-].O=CO. The van der Waals surface area contributed by atoms with Gasteiger partial charge in [0.1, 0.15) is 12.3 Å². The van der Waals surface area contributed by atoms with Gasteiger partial charge in [-0.15, -0.1) is 0 Å². The molecule has 8 nitrogen and oxygen atoms in total. The van der Waals surface area contributed by atoms with Gasteiger partial charge in [0.15, 0.2) is 0 Å². The lowest BCUT2D eigenvalue weighted by atomic mass is 10.2. The van der Waals surface area contributed by atoms with E-state index in [1.807, 2.05) is 6.92 Å². The van der Waals surface area contributed by atoms with E-state index in [9.17, 15) is 14.9 Å². The second kappa shape index (κ2) is 10.4. The van der Waals surface area contributed by atoms with E-state index in [0.29, 0.717) is 6.61 Å². The summed E-state index contributed by atoms with van der Waals surface area (Å²) in [5.74, 6) is -0.396. The molecule has 0 aliphatic rings. The predicted octanol–water partition coefficient (Wildman–Crippen LogP) is 1.66. The van der Waals surface area contributed by atoms with E-state index < -0.39 is 10.8 Å². The summed E-state index contributed by atoms with van der Waals surface area (Å²) in [5, 5.41) is 20.0. The van der Waals surface area contributed by atoms with Gasteiger partial charge in [0, 0.05) is 12.7 Å². The van der Waals surface area contributed by atoms with E-state index in [1.54, 1.807) is 12.1 Å². The fourth-order valence-electron chi connectivity index (χ4n) is 1.23. The zero-order valence-corrected chi connectivity index (χ0v) is 10.9. The van der Waals surface area contributed by atoms with Crippen molar-refractivity contribution in [3.63, 3.8) is 0 Å². The lowest BCUT2D eigenvalue weighted by molar-refractivity contribution is -0.383. The molecule has 20 heavy (non-hydrogen) atoms. The Hall–Kier alpha value is -2.48. The maximum atomic E-state index is 11.4. The third-order valence-electron chi connectivity index (χ3n) is 1.96. The molecule has 0 fully saturated rings. The van der Waals surface area contributed by atoms with Gasteiger partial charge < -0.3 is 15.2 Å². The fraction of sp³-hybridized carbons (Fsp3) is 0.333. The van der Waals surface area contributed by atoms with Crippen molar-refractivity contribution in [3.05, 3.63) is 34.4 Å². The van der Waals surface area contributed by atoms with Crippen LogP contribution >= 0.6 is 0 Å². The van der Waals surface area contributed by atoms with E-state index in [1.165, 1.54) is 12.1 Å². The molecule has 0 heterocycles. The number of nitrogens with zero attached hydrogens (tertiary/aromatic N) is 1. The van der Waals surface area contributed by atoms with E-state index in [2.05, 4.69) is 5.32 Å². The van der Waals surface area contributed by atoms with Gasteiger partial charge in [-0.25, -0.2) is 0 Å². The number of rotatable bonds is 6. The number of nitro groups is 1. The summed E-state index contributed by atoms with van der Waals surface area (Å²) < 4.78 is 5.04. The highest BCUT2D eigenvalue weighted by Crippen LogP contribution is 2.22. The van der Waals surface area contributed by atoms with Crippen LogP contribution in [0.2, 0.25) is 0 Å². The smallest absolute Gasteiger partial charge is 0.292 e. The normalized spacial score (nSPS) is 9.05. The Balaban J connectivity index is 0.00000110. The standard InChI is InChI=1S/C11H14N2O4.CH2O2/c1-2-7-17-8-11(14)12-9-5-3-4-6-10(9)13(15)16;2-1-3/h3-6H,2,7-8H2,1H3,(H,12,14);1H,(H,2,3). The lowest BCUT2D eigenvalue weighted by Crippen LogP contribution is -2.19. The minimum atomic E-state index is -0.539. The zero-order chi connectivity index (χ0) is 15.4. The second-order valence-electron chi connectivity index (χ2n) is 3.48. The minimum Gasteiger partial charge on any atom is -0.483 e. The number of hydrogen-bond donors (Lipinski definition) is 2. The maximum absolute atomic E-state index is 11.4. The molecule has 0 saturated carbocycles. The third-order valence-corrected chi connectivity index (χ3v) is 1.96. The topological polar surface area (TPSA) is 119 Å². The Morgan fingerprint density at radius 1 is 1.50 bits per heavy atom. The molecule has 0 atom stereocenters. The molecule has 0 bridgehead atoms. The van der Waals surface area contributed by atoms with Crippen molar-refractivity contribution in [1.29, 1.82) is 0 Å². The molecule has 0 aromatic heterocycles. The second-order valence-corrected chi connectivity index (χ2v) is 3.48. The van der Waals surface area contributed by atoms with Gasteiger partial charge in [-0.2, -0.15) is 0 Å². The average Bonchev–Trinajstić information content (AvgIpc) is 2.40. The summed E-state index contributed by atoms with van der Waals surface area (Å²) in [6, 6.07) is 5.98. The fourth-order valence-corrected chi connectivity index (χ4v) is 1.23. The van der Waals surface area contributed by atoms with Crippen molar-refractivity contribution in [2.45, 2.75) is 13.3 Å². The molecule has 8 heteroatoms. The highest BCUT2D eigenvalue weighted by molar-refractivity contribution is 5.93. The average molecular weight is 284 g/mol. The molecule has 0 aliphatic carbocycles. The van der Waals surface area contributed by atoms with E-state index in [-0.39, 0.29) is 24.5 Å². The summed E-state index contributed by atoms with van der Waals surface area (Å²) in [6.07, 6.45) is 0.818. The highest BCUT2D eigenvalue weighted by Gasteiger charge is 2.14. The molecule has 0 unspecified atom stereocenters. The first kappa shape index (κ1) is 17.5. The molecular formula is C12H16N2O6. The Labute approximate surface area is 115 Å². The Bertz CT molecular complexity index is 449. The van der Waals surface area contributed by atoms with Crippen molar-refractivity contribution in [1.82, 2.24) is 0 Å². The van der Waals surface area contributed by atoms with Crippen molar-refractivity contribution in [2.24, 2.45) is 0 Å². The molecule has 1 aromatic carbocycles. The summed E-state index contributed by atoms with van der Waals surface area (Å²) in [6.45, 7) is 2.07. The van der Waals surface area contributed by atoms with Crippen LogP contribution in [0.15, 0.2) is 24.3 Å². The van der Waals surface area contributed by atoms with E-state index in [4.69, 9.17) is 14.6 Å². The number of carbonyl (C=O) groups is 2. The number of anilines is 1. The van der Waals surface area contributed by atoms with Crippen molar-refractivity contribution in [3.8, 4) is 0 Å². The zero-order valence-electron chi connectivity index (χ0n) is 10.9. The summed E-state index contributed by atoms with van der Waals surface area (Å²) in [7, 11) is 0. The molecule has 0 aliphatic heterocycles. The van der Waals surface area contributed by atoms with Crippen LogP contribution in [0.25, 0.3) is 0 Å². The number of carboxylic acid groups (broad SMARTS) is 1. The number of ether oxygens (including phenoxy) is 1. The molecule has 1 amide bonds. The maximum Gasteiger partial charge on any atom is 0.292 e. The first-order chi connectivity index (χ1) is 9.56. The predicted molar refractivity (Wildman–Crippen MR) is 71.5 cm³/mol. The number of hydrogen-bond acceptors (Lipinski definition) is 5. The molecule has 2 N–H and O–H groups in total. The molecule has 0 saturated heterocycles. The van der Waals surface area contributed by atoms with Crippen LogP contribution in [0.4, 0.5) is 11.4 Å². The minimum absolute atomic E-state index is 0.0973. The van der Waals surface area contributed by atoms with Crippen LogP contribution in [0.5, 0.6) is 0 Å². The largest absolute Gasteiger partial charge is 0.483 e. The van der Waals surface area contributed by atoms with Gasteiger partial charge in [0.05, 0.1) is 4.92 Å². The van der Waals surface area contributed by atoms with E-state index in [0.717, 1.165) is 6.42 Å². The third kappa shape index (κ3) is 7.07. The monoisotopic (exact) mass is 284 g/mol. The van der Waals surface area contributed by atoms with Crippen molar-refractivity contribution >= 4 is 23.8 Å². The van der Waals surface area contributed by atoms with Gasteiger partial charge in [-0.1, -0.05) is 19.1 Å². The Morgan fingerprint density at radius 3 is 2.65 bits per heavy atom. The van der Waals surface area contributed by atoms with Crippen LogP contribution in [-0.4, -0.2) is 35.6 Å². The molecule has 1 rings (SSSR count). The Kier molecular flexibility index (Phi) is 9.15. The molecule has 1 aromatic rings.